The van der Waals surface area contributed by atoms with Gasteiger partial charge in [0, 0.05) is 0 Å². The van der Waals surface area contributed by atoms with E-state index in [1.165, 1.54) is 29.0 Å². The lowest BCUT2D eigenvalue weighted by atomic mass is 9.82. The Morgan fingerprint density at radius 2 is 1.95 bits per heavy atom. The molecule has 0 aliphatic heterocycles. The van der Waals surface area contributed by atoms with Crippen molar-refractivity contribution < 1.29 is 14.3 Å². The lowest BCUT2D eigenvalue weighted by Crippen LogP contribution is -2.24. The van der Waals surface area contributed by atoms with Gasteiger partial charge in [-0.1, -0.05) is 18.2 Å². The SMILES string of the molecule is COC(=O)C1Cc2cccc3cc(OC)cc(c23)C1. The topological polar surface area (TPSA) is 35.5 Å². The number of hydrogen-bond acceptors (Lipinski definition) is 3. The van der Waals surface area contributed by atoms with Crippen molar-refractivity contribution in [3.8, 4) is 5.75 Å². The molecular formula is C16H16O3. The van der Waals surface area contributed by atoms with Gasteiger partial charge in [-0.05, 0) is 46.9 Å². The molecule has 3 rings (SSSR count). The largest absolute Gasteiger partial charge is 0.497 e. The molecule has 19 heavy (non-hydrogen) atoms. The van der Waals surface area contributed by atoms with E-state index in [4.69, 9.17) is 9.47 Å². The van der Waals surface area contributed by atoms with Gasteiger partial charge in [0.1, 0.15) is 5.75 Å². The number of benzene rings is 2. The molecule has 0 N–H and O–H groups in total. The summed E-state index contributed by atoms with van der Waals surface area (Å²) in [7, 11) is 3.11. The highest BCUT2D eigenvalue weighted by Crippen LogP contribution is 2.35. The summed E-state index contributed by atoms with van der Waals surface area (Å²) in [6.07, 6.45) is 1.47. The molecule has 3 nitrogen and oxygen atoms in total. The Labute approximate surface area is 112 Å². The number of carbonyl (C=O) groups excluding carboxylic acids is 1. The first-order chi connectivity index (χ1) is 9.22. The molecule has 1 aliphatic carbocycles. The van der Waals surface area contributed by atoms with E-state index in [9.17, 15) is 4.79 Å². The standard InChI is InChI=1S/C16H16O3/c1-18-14-8-11-5-3-4-10-6-13(16(17)19-2)7-12(9-14)15(10)11/h3-5,8-9,13H,6-7H2,1-2H3. The third kappa shape index (κ3) is 1.95. The van der Waals surface area contributed by atoms with Crippen molar-refractivity contribution in [2.75, 3.05) is 14.2 Å². The maximum atomic E-state index is 11.8. The van der Waals surface area contributed by atoms with E-state index in [2.05, 4.69) is 12.1 Å². The van der Waals surface area contributed by atoms with Gasteiger partial charge in [0.25, 0.3) is 0 Å². The van der Waals surface area contributed by atoms with E-state index in [1.54, 1.807) is 7.11 Å². The van der Waals surface area contributed by atoms with E-state index in [-0.39, 0.29) is 11.9 Å². The first kappa shape index (κ1) is 12.0. The molecule has 0 fully saturated rings. The Morgan fingerprint density at radius 3 is 2.68 bits per heavy atom. The summed E-state index contributed by atoms with van der Waals surface area (Å²) in [5.41, 5.74) is 2.39. The number of methoxy groups -OCH3 is 2. The Balaban J connectivity index is 2.16. The van der Waals surface area contributed by atoms with Gasteiger partial charge >= 0.3 is 5.97 Å². The van der Waals surface area contributed by atoms with Crippen molar-refractivity contribution in [2.45, 2.75) is 12.8 Å². The summed E-state index contributed by atoms with van der Waals surface area (Å²) in [4.78, 5) is 11.8. The summed E-state index contributed by atoms with van der Waals surface area (Å²) in [6, 6.07) is 10.3. The predicted octanol–water partition coefficient (Wildman–Crippen LogP) is 2.74. The molecular weight excluding hydrogens is 240 g/mol. The monoisotopic (exact) mass is 256 g/mol. The van der Waals surface area contributed by atoms with Gasteiger partial charge in [-0.15, -0.1) is 0 Å². The Hall–Kier alpha value is -2.03. The molecule has 1 aliphatic rings. The maximum Gasteiger partial charge on any atom is 0.309 e. The molecule has 1 atom stereocenters. The van der Waals surface area contributed by atoms with Crippen molar-refractivity contribution in [2.24, 2.45) is 5.92 Å². The maximum absolute atomic E-state index is 11.8. The highest BCUT2D eigenvalue weighted by atomic mass is 16.5. The van der Waals surface area contributed by atoms with Crippen LogP contribution >= 0.6 is 0 Å². The number of hydrogen-bond donors (Lipinski definition) is 0. The van der Waals surface area contributed by atoms with Crippen LogP contribution in [0.3, 0.4) is 0 Å². The molecule has 0 spiro atoms. The van der Waals surface area contributed by atoms with Crippen LogP contribution in [0.4, 0.5) is 0 Å². The highest BCUT2D eigenvalue weighted by Gasteiger charge is 2.27. The molecule has 98 valence electrons. The lowest BCUT2D eigenvalue weighted by molar-refractivity contribution is -0.145. The Kier molecular flexibility index (Phi) is 2.90. The van der Waals surface area contributed by atoms with Gasteiger partial charge in [0.15, 0.2) is 0 Å². The second kappa shape index (κ2) is 4.57. The Bertz CT molecular complexity index is 646. The molecule has 3 heteroatoms. The minimum absolute atomic E-state index is 0.0878. The molecule has 0 amide bonds. The van der Waals surface area contributed by atoms with Crippen LogP contribution in [0.15, 0.2) is 30.3 Å². The van der Waals surface area contributed by atoms with E-state index in [0.717, 1.165) is 18.6 Å². The third-order valence-corrected chi connectivity index (χ3v) is 3.82. The molecule has 0 saturated heterocycles. The second-order valence-corrected chi connectivity index (χ2v) is 4.93. The fourth-order valence-corrected chi connectivity index (χ4v) is 2.96. The summed E-state index contributed by atoms with van der Waals surface area (Å²) in [6.45, 7) is 0. The fraction of sp³-hybridized carbons (Fsp3) is 0.312. The third-order valence-electron chi connectivity index (χ3n) is 3.82. The first-order valence-corrected chi connectivity index (χ1v) is 6.39. The smallest absolute Gasteiger partial charge is 0.309 e. The van der Waals surface area contributed by atoms with Crippen molar-refractivity contribution in [1.82, 2.24) is 0 Å². The van der Waals surface area contributed by atoms with E-state index in [1.807, 2.05) is 18.2 Å². The van der Waals surface area contributed by atoms with Gasteiger partial charge in [-0.2, -0.15) is 0 Å². The van der Waals surface area contributed by atoms with Crippen molar-refractivity contribution in [3.63, 3.8) is 0 Å². The highest BCUT2D eigenvalue weighted by molar-refractivity contribution is 5.92. The number of ether oxygens (including phenoxy) is 2. The summed E-state index contributed by atoms with van der Waals surface area (Å²) in [5.74, 6) is 0.617. The lowest BCUT2D eigenvalue weighted by Gasteiger charge is -2.24. The summed E-state index contributed by atoms with van der Waals surface area (Å²) < 4.78 is 10.2. The number of carbonyl (C=O) groups is 1. The van der Waals surface area contributed by atoms with Crippen LogP contribution in [0.1, 0.15) is 11.1 Å². The molecule has 2 aromatic carbocycles. The molecule has 0 bridgehead atoms. The van der Waals surface area contributed by atoms with Gasteiger partial charge < -0.3 is 9.47 Å². The molecule has 0 saturated carbocycles. The minimum atomic E-state index is -0.134. The van der Waals surface area contributed by atoms with Crippen molar-refractivity contribution in [3.05, 3.63) is 41.5 Å². The van der Waals surface area contributed by atoms with E-state index < -0.39 is 0 Å². The van der Waals surface area contributed by atoms with Crippen molar-refractivity contribution >= 4 is 16.7 Å². The normalized spacial score (nSPS) is 17.3. The van der Waals surface area contributed by atoms with Crippen LogP contribution < -0.4 is 4.74 Å². The first-order valence-electron chi connectivity index (χ1n) is 6.39. The molecule has 0 aromatic heterocycles. The van der Waals surface area contributed by atoms with Gasteiger partial charge in [-0.3, -0.25) is 4.79 Å². The quantitative estimate of drug-likeness (QED) is 0.775. The number of rotatable bonds is 2. The minimum Gasteiger partial charge on any atom is -0.497 e. The zero-order chi connectivity index (χ0) is 13.4. The van der Waals surface area contributed by atoms with Crippen LogP contribution in [0, 0.1) is 5.92 Å². The molecule has 0 radical (unpaired) electrons. The molecule has 0 heterocycles. The second-order valence-electron chi connectivity index (χ2n) is 4.93. The molecule has 1 unspecified atom stereocenters. The fourth-order valence-electron chi connectivity index (χ4n) is 2.96. The summed E-state index contributed by atoms with van der Waals surface area (Å²) in [5, 5.41) is 2.44. The van der Waals surface area contributed by atoms with Gasteiger partial charge in [0.05, 0.1) is 20.1 Å². The van der Waals surface area contributed by atoms with Crippen LogP contribution in [-0.2, 0) is 22.4 Å². The van der Waals surface area contributed by atoms with Crippen LogP contribution in [0.25, 0.3) is 10.8 Å². The average molecular weight is 256 g/mol. The van der Waals surface area contributed by atoms with Gasteiger partial charge in [0.2, 0.25) is 0 Å². The zero-order valence-corrected chi connectivity index (χ0v) is 11.1. The zero-order valence-electron chi connectivity index (χ0n) is 11.1. The average Bonchev–Trinajstić information content (AvgIpc) is 2.46. The Morgan fingerprint density at radius 1 is 1.16 bits per heavy atom. The van der Waals surface area contributed by atoms with E-state index in [0.29, 0.717) is 0 Å². The van der Waals surface area contributed by atoms with E-state index >= 15 is 0 Å². The number of esters is 1. The predicted molar refractivity (Wildman–Crippen MR) is 73.4 cm³/mol. The van der Waals surface area contributed by atoms with Gasteiger partial charge in [-0.25, -0.2) is 0 Å². The van der Waals surface area contributed by atoms with Crippen molar-refractivity contribution in [1.29, 1.82) is 0 Å². The van der Waals surface area contributed by atoms with Crippen LogP contribution in [0.2, 0.25) is 0 Å². The van der Waals surface area contributed by atoms with Crippen LogP contribution in [0.5, 0.6) is 5.75 Å². The summed E-state index contributed by atoms with van der Waals surface area (Å²) >= 11 is 0. The molecule has 2 aromatic rings. The van der Waals surface area contributed by atoms with Crippen LogP contribution in [-0.4, -0.2) is 20.2 Å².